The molecule has 5 rings (SSSR count). The van der Waals surface area contributed by atoms with E-state index in [2.05, 4.69) is 22.0 Å². The molecule has 1 aliphatic heterocycles. The van der Waals surface area contributed by atoms with E-state index in [4.69, 9.17) is 33.7 Å². The predicted molar refractivity (Wildman–Crippen MR) is 109 cm³/mol. The lowest BCUT2D eigenvalue weighted by molar-refractivity contribution is 0.425. The highest BCUT2D eigenvalue weighted by Crippen LogP contribution is 2.59. The number of anilines is 1. The number of allylic oxidation sites excluding steroid dienone is 2. The van der Waals surface area contributed by atoms with Crippen LogP contribution >= 0.6 is 23.2 Å². The number of nitrogen functional groups attached to an aromatic ring is 1. The molecular weight excluding hydrogens is 417 g/mol. The van der Waals surface area contributed by atoms with E-state index in [9.17, 15) is 9.59 Å². The second-order valence-corrected chi connectivity index (χ2v) is 8.04. The van der Waals surface area contributed by atoms with Crippen molar-refractivity contribution in [2.45, 2.75) is 12.8 Å². The summed E-state index contributed by atoms with van der Waals surface area (Å²) in [7, 11) is 0. The molecule has 2 aromatic rings. The number of nitrogens with zero attached hydrogens (tertiary/aromatic N) is 2. The van der Waals surface area contributed by atoms with Crippen LogP contribution in [0, 0.1) is 11.8 Å². The largest absolute Gasteiger partial charge is 0.452 e. The summed E-state index contributed by atoms with van der Waals surface area (Å²) in [4.78, 5) is 25.5. The average Bonchev–Trinajstić information content (AvgIpc) is 3.32. The molecule has 1 aromatic carbocycles. The summed E-state index contributed by atoms with van der Waals surface area (Å²) in [5, 5.41) is 7.29. The van der Waals surface area contributed by atoms with E-state index >= 15 is 0 Å². The summed E-state index contributed by atoms with van der Waals surface area (Å²) in [5.74, 6) is 1.76. The van der Waals surface area contributed by atoms with Crippen LogP contribution in [0.5, 0.6) is 5.75 Å². The first kappa shape index (κ1) is 18.1. The van der Waals surface area contributed by atoms with Crippen LogP contribution in [0.3, 0.4) is 0 Å². The van der Waals surface area contributed by atoms with Gasteiger partial charge in [0.15, 0.2) is 5.75 Å². The monoisotopic (exact) mass is 431 g/mol. The van der Waals surface area contributed by atoms with E-state index in [0.29, 0.717) is 17.6 Å². The number of fused-ring (bicyclic) bond motifs is 2. The number of rotatable bonds is 3. The molecule has 29 heavy (non-hydrogen) atoms. The van der Waals surface area contributed by atoms with E-state index in [1.54, 1.807) is 6.20 Å². The SMILES string of the molecule is C=C1NC=C(Oc2c(Cl)cc(-n3nc(N)c(=O)[nH]c3=O)cc2Cl)C2=C1C1CC1C2. The Kier molecular flexibility index (Phi) is 3.91. The van der Waals surface area contributed by atoms with Crippen molar-refractivity contribution in [3.63, 3.8) is 0 Å². The highest BCUT2D eigenvalue weighted by Gasteiger charge is 2.49. The summed E-state index contributed by atoms with van der Waals surface area (Å²) in [6.07, 6.45) is 3.88. The number of dihydropyridines is 1. The zero-order valence-corrected chi connectivity index (χ0v) is 16.5. The first-order valence-corrected chi connectivity index (χ1v) is 9.65. The molecule has 1 fully saturated rings. The minimum atomic E-state index is -0.764. The third-order valence-electron chi connectivity index (χ3n) is 5.38. The summed E-state index contributed by atoms with van der Waals surface area (Å²) in [6.45, 7) is 4.08. The van der Waals surface area contributed by atoms with Gasteiger partial charge >= 0.3 is 5.69 Å². The fourth-order valence-corrected chi connectivity index (χ4v) is 4.49. The smallest absolute Gasteiger partial charge is 0.349 e. The molecule has 4 N–H and O–H groups in total. The van der Waals surface area contributed by atoms with Gasteiger partial charge in [-0.1, -0.05) is 29.8 Å². The first-order chi connectivity index (χ1) is 13.8. The molecule has 0 spiro atoms. The maximum absolute atomic E-state index is 12.0. The Bertz CT molecular complexity index is 1250. The minimum Gasteiger partial charge on any atom is -0.452 e. The van der Waals surface area contributed by atoms with E-state index in [-0.39, 0.29) is 27.3 Å². The molecule has 0 bridgehead atoms. The van der Waals surface area contributed by atoms with Crippen LogP contribution in [0.15, 0.2) is 57.1 Å². The molecule has 2 atom stereocenters. The van der Waals surface area contributed by atoms with Crippen molar-refractivity contribution in [1.29, 1.82) is 0 Å². The molecule has 2 unspecified atom stereocenters. The van der Waals surface area contributed by atoms with Gasteiger partial charge < -0.3 is 15.8 Å². The van der Waals surface area contributed by atoms with E-state index < -0.39 is 11.2 Å². The highest BCUT2D eigenvalue weighted by molar-refractivity contribution is 6.37. The van der Waals surface area contributed by atoms with Gasteiger partial charge in [0, 0.05) is 17.5 Å². The standard InChI is InChI=1S/C19H15Cl2N5O3/c1-7-15-10-2-8(10)3-11(15)14(6-23-7)29-16-12(20)4-9(5-13(16)21)26-19(28)24-18(27)17(22)25-26/h4-6,8,10,23H,1-3H2,(H2,22,25)(H,24,27,28). The second-order valence-electron chi connectivity index (χ2n) is 7.23. The number of H-pyrrole nitrogens is 1. The number of nitrogens with two attached hydrogens (primary N) is 1. The van der Waals surface area contributed by atoms with E-state index in [1.165, 1.54) is 24.1 Å². The van der Waals surface area contributed by atoms with Gasteiger partial charge in [-0.3, -0.25) is 9.78 Å². The zero-order chi connectivity index (χ0) is 20.4. The molecule has 0 amide bonds. The van der Waals surface area contributed by atoms with Crippen LogP contribution in [-0.4, -0.2) is 14.8 Å². The van der Waals surface area contributed by atoms with Crippen LogP contribution in [0.4, 0.5) is 5.82 Å². The number of hydrogen-bond acceptors (Lipinski definition) is 6. The number of aromatic nitrogens is 3. The van der Waals surface area contributed by atoms with Crippen molar-refractivity contribution < 1.29 is 4.74 Å². The second kappa shape index (κ2) is 6.27. The van der Waals surface area contributed by atoms with Crippen molar-refractivity contribution in [2.75, 3.05) is 5.73 Å². The number of nitrogens with one attached hydrogen (secondary N) is 2. The quantitative estimate of drug-likeness (QED) is 0.687. The Hall–Kier alpha value is -2.97. The number of benzene rings is 1. The van der Waals surface area contributed by atoms with Crippen LogP contribution in [0.1, 0.15) is 12.8 Å². The zero-order valence-electron chi connectivity index (χ0n) is 15.0. The topological polar surface area (TPSA) is 115 Å². The Morgan fingerprint density at radius 3 is 2.72 bits per heavy atom. The van der Waals surface area contributed by atoms with Gasteiger partial charge in [-0.2, -0.15) is 4.68 Å². The van der Waals surface area contributed by atoms with Crippen molar-refractivity contribution in [1.82, 2.24) is 20.1 Å². The van der Waals surface area contributed by atoms with Gasteiger partial charge in [0.1, 0.15) is 5.76 Å². The fourth-order valence-electron chi connectivity index (χ4n) is 3.93. The van der Waals surface area contributed by atoms with Crippen LogP contribution < -0.4 is 27.0 Å². The van der Waals surface area contributed by atoms with Gasteiger partial charge in [-0.25, -0.2) is 4.79 Å². The Labute approximate surface area is 174 Å². The van der Waals surface area contributed by atoms with E-state index in [1.807, 2.05) is 0 Å². The Morgan fingerprint density at radius 2 is 2.00 bits per heavy atom. The molecule has 2 heterocycles. The number of ether oxygens (including phenoxy) is 1. The van der Waals surface area contributed by atoms with E-state index in [0.717, 1.165) is 22.4 Å². The lowest BCUT2D eigenvalue weighted by atomic mass is 10.00. The number of aromatic amines is 1. The summed E-state index contributed by atoms with van der Waals surface area (Å²) in [6, 6.07) is 2.93. The summed E-state index contributed by atoms with van der Waals surface area (Å²) < 4.78 is 6.97. The highest BCUT2D eigenvalue weighted by atomic mass is 35.5. The lowest BCUT2D eigenvalue weighted by Crippen LogP contribution is -2.33. The normalized spacial score (nSPS) is 22.0. The lowest BCUT2D eigenvalue weighted by Gasteiger charge is -2.22. The number of halogens is 2. The van der Waals surface area contributed by atoms with Crippen molar-refractivity contribution in [3.05, 3.63) is 78.4 Å². The molecule has 0 radical (unpaired) electrons. The fraction of sp³-hybridized carbons (Fsp3) is 0.211. The maximum atomic E-state index is 12.0. The molecule has 2 aliphatic carbocycles. The Balaban J connectivity index is 1.51. The molecule has 8 nitrogen and oxygen atoms in total. The van der Waals surface area contributed by atoms with Crippen molar-refractivity contribution in [3.8, 4) is 11.4 Å². The molecule has 1 saturated carbocycles. The number of hydrogen-bond donors (Lipinski definition) is 3. The average molecular weight is 432 g/mol. The van der Waals surface area contributed by atoms with Crippen LogP contribution in [0.25, 0.3) is 5.69 Å². The molecule has 0 saturated heterocycles. The van der Waals surface area contributed by atoms with Gasteiger partial charge in [-0.05, 0) is 42.4 Å². The maximum Gasteiger partial charge on any atom is 0.349 e. The van der Waals surface area contributed by atoms with Gasteiger partial charge in [0.25, 0.3) is 5.56 Å². The van der Waals surface area contributed by atoms with Crippen LogP contribution in [0.2, 0.25) is 10.0 Å². The molecule has 1 aromatic heterocycles. The molecule has 10 heteroatoms. The molecular formula is C19H15Cl2N5O3. The summed E-state index contributed by atoms with van der Waals surface area (Å²) in [5.41, 5.74) is 7.47. The third-order valence-corrected chi connectivity index (χ3v) is 5.94. The molecule has 148 valence electrons. The summed E-state index contributed by atoms with van der Waals surface area (Å²) >= 11 is 12.8. The first-order valence-electron chi connectivity index (χ1n) is 8.89. The Morgan fingerprint density at radius 1 is 1.28 bits per heavy atom. The van der Waals surface area contributed by atoms with Crippen LogP contribution in [-0.2, 0) is 0 Å². The minimum absolute atomic E-state index is 0.182. The van der Waals surface area contributed by atoms with Gasteiger partial charge in [-0.15, -0.1) is 5.10 Å². The van der Waals surface area contributed by atoms with Crippen molar-refractivity contribution >= 4 is 29.0 Å². The predicted octanol–water partition coefficient (Wildman–Crippen LogP) is 2.48. The molecule has 3 aliphatic rings. The van der Waals surface area contributed by atoms with Crippen molar-refractivity contribution in [2.24, 2.45) is 11.8 Å². The van der Waals surface area contributed by atoms with Gasteiger partial charge in [0.2, 0.25) is 5.82 Å². The van der Waals surface area contributed by atoms with Gasteiger partial charge in [0.05, 0.1) is 15.7 Å². The third kappa shape index (κ3) is 2.87.